The predicted molar refractivity (Wildman–Crippen MR) is 111 cm³/mol. The number of sulfonamides is 1. The van der Waals surface area contributed by atoms with Crippen LogP contribution in [0.25, 0.3) is 11.5 Å². The smallest absolute Gasteiger partial charge is 0.229 e. The van der Waals surface area contributed by atoms with Gasteiger partial charge in [0.25, 0.3) is 0 Å². The monoisotopic (exact) mass is 452 g/mol. The minimum atomic E-state index is -3.52. The van der Waals surface area contributed by atoms with Crippen molar-refractivity contribution in [2.45, 2.75) is 25.8 Å². The molecule has 11 heteroatoms. The molecule has 2 aliphatic heterocycles. The van der Waals surface area contributed by atoms with E-state index in [4.69, 9.17) is 4.42 Å². The minimum Gasteiger partial charge on any atom is -0.463 e. The van der Waals surface area contributed by atoms with Crippen LogP contribution >= 0.6 is 11.3 Å². The maximum atomic E-state index is 12.7. The van der Waals surface area contributed by atoms with E-state index in [1.807, 2.05) is 17.5 Å². The van der Waals surface area contributed by atoms with E-state index >= 15 is 0 Å². The molecular weight excluding hydrogens is 428 g/mol. The maximum Gasteiger partial charge on any atom is 0.229 e. The van der Waals surface area contributed by atoms with Crippen LogP contribution in [0.5, 0.6) is 0 Å². The van der Waals surface area contributed by atoms with E-state index in [-0.39, 0.29) is 24.1 Å². The molecule has 2 aliphatic rings. The Balaban J connectivity index is 1.27. The Morgan fingerprint density at radius 2 is 1.83 bits per heavy atom. The Morgan fingerprint density at radius 1 is 1.10 bits per heavy atom. The number of amides is 2. The fraction of sp³-hybridized carbons (Fsp3) is 0.526. The fourth-order valence-electron chi connectivity index (χ4n) is 3.66. The highest BCUT2D eigenvalue weighted by molar-refractivity contribution is 7.89. The van der Waals surface area contributed by atoms with Crippen molar-refractivity contribution >= 4 is 33.2 Å². The standard InChI is InChI=1S/C19H24N4O5S2/c24-18-4-1-5-19(25)23(18)10-12-30(26,27)22-8-6-21(7-9-22)13-17-20-15(14-29-17)16-3-2-11-28-16/h2-3,11,14H,1,4-10,12-13H2. The molecular formula is C19H24N4O5S2. The third-order valence-corrected chi connectivity index (χ3v) is 8.05. The summed E-state index contributed by atoms with van der Waals surface area (Å²) in [6.07, 6.45) is 2.78. The molecule has 0 spiro atoms. The SMILES string of the molecule is O=C1CCCC(=O)N1CCS(=O)(=O)N1CCN(Cc2nc(-c3ccco3)cs2)CC1. The van der Waals surface area contributed by atoms with Crippen molar-refractivity contribution in [3.63, 3.8) is 0 Å². The molecule has 30 heavy (non-hydrogen) atoms. The largest absolute Gasteiger partial charge is 0.463 e. The first-order valence-electron chi connectivity index (χ1n) is 9.94. The Bertz CT molecular complexity index is 978. The van der Waals surface area contributed by atoms with Crippen molar-refractivity contribution in [3.05, 3.63) is 28.8 Å². The average Bonchev–Trinajstić information content (AvgIpc) is 3.40. The lowest BCUT2D eigenvalue weighted by Gasteiger charge is -2.34. The van der Waals surface area contributed by atoms with Crippen LogP contribution in [0.3, 0.4) is 0 Å². The van der Waals surface area contributed by atoms with Gasteiger partial charge in [-0.1, -0.05) is 0 Å². The molecule has 0 unspecified atom stereocenters. The molecule has 0 atom stereocenters. The number of piperazine rings is 1. The van der Waals surface area contributed by atoms with Crippen LogP contribution in [0.1, 0.15) is 24.3 Å². The minimum absolute atomic E-state index is 0.0606. The van der Waals surface area contributed by atoms with E-state index in [0.29, 0.717) is 52.0 Å². The van der Waals surface area contributed by atoms with Gasteiger partial charge in [-0.15, -0.1) is 11.3 Å². The van der Waals surface area contributed by atoms with Crippen molar-refractivity contribution < 1.29 is 22.4 Å². The van der Waals surface area contributed by atoms with Gasteiger partial charge in [-0.05, 0) is 18.6 Å². The summed E-state index contributed by atoms with van der Waals surface area (Å²) >= 11 is 1.56. The molecule has 2 saturated heterocycles. The van der Waals surface area contributed by atoms with Crippen LogP contribution in [0.4, 0.5) is 0 Å². The summed E-state index contributed by atoms with van der Waals surface area (Å²) < 4.78 is 32.2. The summed E-state index contributed by atoms with van der Waals surface area (Å²) in [5.74, 6) is -0.0323. The van der Waals surface area contributed by atoms with Crippen LogP contribution in [0.15, 0.2) is 28.2 Å². The number of piperidine rings is 1. The number of hydrogen-bond acceptors (Lipinski definition) is 8. The van der Waals surface area contributed by atoms with Gasteiger partial charge in [0.2, 0.25) is 21.8 Å². The first-order valence-corrected chi connectivity index (χ1v) is 12.4. The van der Waals surface area contributed by atoms with E-state index in [9.17, 15) is 18.0 Å². The molecule has 0 radical (unpaired) electrons. The van der Waals surface area contributed by atoms with E-state index < -0.39 is 10.0 Å². The molecule has 0 saturated carbocycles. The zero-order valence-electron chi connectivity index (χ0n) is 16.5. The normalized spacial score (nSPS) is 19.5. The molecule has 4 rings (SSSR count). The van der Waals surface area contributed by atoms with E-state index in [2.05, 4.69) is 9.88 Å². The second-order valence-electron chi connectivity index (χ2n) is 7.39. The van der Waals surface area contributed by atoms with Gasteiger partial charge in [0, 0.05) is 50.9 Å². The summed E-state index contributed by atoms with van der Waals surface area (Å²) in [6.45, 7) is 2.60. The van der Waals surface area contributed by atoms with Gasteiger partial charge in [-0.2, -0.15) is 4.31 Å². The Kier molecular flexibility index (Phi) is 6.32. The molecule has 9 nitrogen and oxygen atoms in total. The first kappa shape index (κ1) is 21.2. The Labute approximate surface area is 179 Å². The first-order chi connectivity index (χ1) is 14.4. The second kappa shape index (κ2) is 8.96. The molecule has 2 amide bonds. The maximum absolute atomic E-state index is 12.7. The van der Waals surface area contributed by atoms with Crippen LogP contribution in [0, 0.1) is 0 Å². The van der Waals surface area contributed by atoms with E-state index in [1.165, 1.54) is 4.31 Å². The highest BCUT2D eigenvalue weighted by Gasteiger charge is 2.31. The molecule has 4 heterocycles. The number of rotatable bonds is 7. The molecule has 2 aromatic heterocycles. The van der Waals surface area contributed by atoms with Gasteiger partial charge < -0.3 is 4.42 Å². The number of aromatic nitrogens is 1. The summed E-state index contributed by atoms with van der Waals surface area (Å²) in [5.41, 5.74) is 0.808. The van der Waals surface area contributed by atoms with Crippen molar-refractivity contribution in [2.75, 3.05) is 38.5 Å². The van der Waals surface area contributed by atoms with Crippen molar-refractivity contribution in [1.82, 2.24) is 19.1 Å². The lowest BCUT2D eigenvalue weighted by molar-refractivity contribution is -0.147. The number of nitrogens with zero attached hydrogens (tertiary/aromatic N) is 4. The zero-order chi connectivity index (χ0) is 21.1. The summed E-state index contributed by atoms with van der Waals surface area (Å²) in [7, 11) is -3.52. The van der Waals surface area contributed by atoms with Crippen LogP contribution in [0.2, 0.25) is 0 Å². The number of likely N-dealkylation sites (tertiary alicyclic amines) is 1. The highest BCUT2D eigenvalue weighted by Crippen LogP contribution is 2.23. The lowest BCUT2D eigenvalue weighted by atomic mass is 10.1. The molecule has 0 bridgehead atoms. The average molecular weight is 453 g/mol. The summed E-state index contributed by atoms with van der Waals surface area (Å²) in [4.78, 5) is 31.6. The fourth-order valence-corrected chi connectivity index (χ4v) is 5.88. The van der Waals surface area contributed by atoms with Gasteiger partial charge in [0.1, 0.15) is 10.7 Å². The third kappa shape index (κ3) is 4.80. The third-order valence-electron chi connectivity index (χ3n) is 5.37. The lowest BCUT2D eigenvalue weighted by Crippen LogP contribution is -2.50. The predicted octanol–water partition coefficient (Wildman–Crippen LogP) is 1.39. The number of carbonyl (C=O) groups is 2. The molecule has 162 valence electrons. The summed E-state index contributed by atoms with van der Waals surface area (Å²) in [5, 5.41) is 2.91. The summed E-state index contributed by atoms with van der Waals surface area (Å²) in [6, 6.07) is 3.69. The van der Waals surface area contributed by atoms with Crippen LogP contribution in [-0.2, 0) is 26.2 Å². The van der Waals surface area contributed by atoms with Gasteiger partial charge in [-0.25, -0.2) is 13.4 Å². The van der Waals surface area contributed by atoms with Crippen LogP contribution < -0.4 is 0 Å². The topological polar surface area (TPSA) is 104 Å². The van der Waals surface area contributed by atoms with Gasteiger partial charge in [0.05, 0.1) is 18.6 Å². The second-order valence-corrected chi connectivity index (χ2v) is 10.4. The molecule has 0 aromatic carbocycles. The van der Waals surface area contributed by atoms with Crippen molar-refractivity contribution in [3.8, 4) is 11.5 Å². The number of carbonyl (C=O) groups excluding carboxylic acids is 2. The zero-order valence-corrected chi connectivity index (χ0v) is 18.2. The Morgan fingerprint density at radius 3 is 2.50 bits per heavy atom. The van der Waals surface area contributed by atoms with Crippen LogP contribution in [-0.4, -0.2) is 77.8 Å². The Hall–Kier alpha value is -2.08. The number of thiazole rings is 1. The molecule has 0 aliphatic carbocycles. The number of furan rings is 1. The molecule has 2 fully saturated rings. The van der Waals surface area contributed by atoms with Gasteiger partial charge in [0.15, 0.2) is 5.76 Å². The van der Waals surface area contributed by atoms with E-state index in [0.717, 1.165) is 21.4 Å². The highest BCUT2D eigenvalue weighted by atomic mass is 32.2. The van der Waals surface area contributed by atoms with E-state index in [1.54, 1.807) is 17.6 Å². The van der Waals surface area contributed by atoms with Gasteiger partial charge in [-0.3, -0.25) is 19.4 Å². The number of imide groups is 1. The number of hydrogen-bond donors (Lipinski definition) is 0. The van der Waals surface area contributed by atoms with Crippen molar-refractivity contribution in [2.24, 2.45) is 0 Å². The van der Waals surface area contributed by atoms with Crippen molar-refractivity contribution in [1.29, 1.82) is 0 Å². The molecule has 0 N–H and O–H groups in total. The quantitative estimate of drug-likeness (QED) is 0.585. The molecule has 2 aromatic rings. The van der Waals surface area contributed by atoms with Gasteiger partial charge >= 0.3 is 0 Å².